The molecule has 2 bridgehead atoms. The molecule has 5 nitrogen and oxygen atoms in total. The Hall–Kier alpha value is -1.52. The van der Waals surface area contributed by atoms with Crippen molar-refractivity contribution in [2.45, 2.75) is 46.1 Å². The van der Waals surface area contributed by atoms with Crippen molar-refractivity contribution in [3.8, 4) is 11.6 Å². The van der Waals surface area contributed by atoms with Gasteiger partial charge in [-0.3, -0.25) is 0 Å². The summed E-state index contributed by atoms with van der Waals surface area (Å²) in [4.78, 5) is 8.14. The van der Waals surface area contributed by atoms with Crippen molar-refractivity contribution in [2.75, 3.05) is 12.8 Å². The maximum Gasteiger partial charge on any atom is 0.262 e. The van der Waals surface area contributed by atoms with E-state index in [1.165, 1.54) is 19.2 Å². The first-order valence-electron chi connectivity index (χ1n) is 7.21. The van der Waals surface area contributed by atoms with Gasteiger partial charge in [-0.15, -0.1) is 0 Å². The Kier molecular flexibility index (Phi) is 2.85. The lowest BCUT2D eigenvalue weighted by Gasteiger charge is -2.38. The van der Waals surface area contributed by atoms with Gasteiger partial charge in [-0.25, -0.2) is 4.98 Å². The van der Waals surface area contributed by atoms with E-state index in [1.807, 2.05) is 0 Å². The Morgan fingerprint density at radius 1 is 1.30 bits per heavy atom. The third kappa shape index (κ3) is 1.61. The van der Waals surface area contributed by atoms with Crippen molar-refractivity contribution in [1.29, 1.82) is 0 Å². The Bertz CT molecular complexity index is 532. The van der Waals surface area contributed by atoms with Crippen LogP contribution < -0.4 is 15.2 Å². The number of hydrogen-bond acceptors (Lipinski definition) is 5. The first kappa shape index (κ1) is 13.5. The first-order valence-corrected chi connectivity index (χ1v) is 7.21. The van der Waals surface area contributed by atoms with Crippen molar-refractivity contribution < 1.29 is 9.47 Å². The van der Waals surface area contributed by atoms with E-state index in [-0.39, 0.29) is 11.5 Å². The Morgan fingerprint density at radius 3 is 2.60 bits per heavy atom. The lowest BCUT2D eigenvalue weighted by Crippen LogP contribution is -2.39. The van der Waals surface area contributed by atoms with Crippen molar-refractivity contribution >= 4 is 5.82 Å². The van der Waals surface area contributed by atoms with Gasteiger partial charge in [0.2, 0.25) is 5.75 Å². The van der Waals surface area contributed by atoms with Crippen molar-refractivity contribution in [2.24, 2.45) is 16.7 Å². The predicted molar refractivity (Wildman–Crippen MR) is 76.6 cm³/mol. The van der Waals surface area contributed by atoms with Crippen LogP contribution in [-0.2, 0) is 0 Å². The van der Waals surface area contributed by atoms with Crippen molar-refractivity contribution in [3.63, 3.8) is 0 Å². The largest absolute Gasteiger partial charge is 0.489 e. The number of methoxy groups -OCH3 is 1. The minimum atomic E-state index is 0.166. The molecule has 1 aromatic rings. The maximum absolute atomic E-state index is 6.19. The maximum atomic E-state index is 6.19. The first-order chi connectivity index (χ1) is 9.40. The van der Waals surface area contributed by atoms with Crippen LogP contribution in [-0.4, -0.2) is 23.2 Å². The summed E-state index contributed by atoms with van der Waals surface area (Å²) in [6.07, 6.45) is 5.18. The standard InChI is InChI=1S/C15H23N3O2/c1-14(2)9-5-6-15(14,3)10(7-9)20-13-11(19-4)12(16)17-8-18-13/h8-10H,5-7H2,1-4H3,(H2,16,17,18). The number of hydrogen-bond donors (Lipinski definition) is 1. The van der Waals surface area contributed by atoms with Crippen LogP contribution in [0.2, 0.25) is 0 Å². The topological polar surface area (TPSA) is 70.3 Å². The number of rotatable bonds is 3. The molecule has 1 aromatic heterocycles. The SMILES string of the molecule is COc1c(N)ncnc1OC1CC2CCC1(C)C2(C)C. The lowest BCUT2D eigenvalue weighted by atomic mass is 9.70. The summed E-state index contributed by atoms with van der Waals surface area (Å²) in [7, 11) is 1.56. The van der Waals surface area contributed by atoms with Crippen LogP contribution in [0.5, 0.6) is 11.6 Å². The number of nitrogen functional groups attached to an aromatic ring is 1. The quantitative estimate of drug-likeness (QED) is 0.919. The van der Waals surface area contributed by atoms with Crippen LogP contribution in [0.15, 0.2) is 6.33 Å². The zero-order valence-corrected chi connectivity index (χ0v) is 12.6. The number of nitrogens with zero attached hydrogens (tertiary/aromatic N) is 2. The highest BCUT2D eigenvalue weighted by Crippen LogP contribution is 2.66. The monoisotopic (exact) mass is 277 g/mol. The molecule has 20 heavy (non-hydrogen) atoms. The molecule has 3 atom stereocenters. The molecular formula is C15H23N3O2. The molecule has 2 aliphatic rings. The number of nitrogens with two attached hydrogens (primary N) is 1. The van der Waals surface area contributed by atoms with Crippen molar-refractivity contribution in [1.82, 2.24) is 9.97 Å². The molecule has 0 saturated heterocycles. The molecule has 2 saturated carbocycles. The highest BCUT2D eigenvalue weighted by atomic mass is 16.5. The average molecular weight is 277 g/mol. The molecule has 0 spiro atoms. The molecule has 2 aliphatic carbocycles. The van der Waals surface area contributed by atoms with E-state index in [4.69, 9.17) is 15.2 Å². The minimum Gasteiger partial charge on any atom is -0.489 e. The van der Waals surface area contributed by atoms with Crippen molar-refractivity contribution in [3.05, 3.63) is 6.33 Å². The van der Waals surface area contributed by atoms with Crippen LogP contribution in [0.4, 0.5) is 5.82 Å². The molecule has 3 rings (SSSR count). The Labute approximate surface area is 119 Å². The van der Waals surface area contributed by atoms with Gasteiger partial charge in [0.15, 0.2) is 5.82 Å². The second kappa shape index (κ2) is 4.24. The average Bonchev–Trinajstić information content (AvgIpc) is 2.72. The highest BCUT2D eigenvalue weighted by molar-refractivity contribution is 5.51. The summed E-state index contributed by atoms with van der Waals surface area (Å²) in [5.74, 6) is 1.96. The molecule has 0 aliphatic heterocycles. The fraction of sp³-hybridized carbons (Fsp3) is 0.733. The molecule has 3 unspecified atom stereocenters. The number of aromatic nitrogens is 2. The molecule has 5 heteroatoms. The zero-order valence-electron chi connectivity index (χ0n) is 12.6. The highest BCUT2D eigenvalue weighted by Gasteiger charge is 2.62. The van der Waals surface area contributed by atoms with Crippen LogP contribution in [0.3, 0.4) is 0 Å². The molecule has 110 valence electrons. The second-order valence-corrected chi connectivity index (χ2v) is 6.81. The molecule has 1 heterocycles. The van der Waals surface area contributed by atoms with Gasteiger partial charge in [-0.05, 0) is 30.6 Å². The summed E-state index contributed by atoms with van der Waals surface area (Å²) in [6, 6.07) is 0. The molecule has 0 radical (unpaired) electrons. The predicted octanol–water partition coefficient (Wildman–Crippen LogP) is 2.66. The van der Waals surface area contributed by atoms with Gasteiger partial charge >= 0.3 is 0 Å². The van der Waals surface area contributed by atoms with E-state index in [1.54, 1.807) is 7.11 Å². The Morgan fingerprint density at radius 2 is 2.05 bits per heavy atom. The van der Waals surface area contributed by atoms with Gasteiger partial charge in [0.1, 0.15) is 12.4 Å². The summed E-state index contributed by atoms with van der Waals surface area (Å²) < 4.78 is 11.5. The molecule has 0 amide bonds. The Balaban J connectivity index is 1.89. The van der Waals surface area contributed by atoms with Gasteiger partial charge in [-0.1, -0.05) is 20.8 Å². The summed E-state index contributed by atoms with van der Waals surface area (Å²) in [5, 5.41) is 0. The van der Waals surface area contributed by atoms with Gasteiger partial charge < -0.3 is 15.2 Å². The minimum absolute atomic E-state index is 0.166. The second-order valence-electron chi connectivity index (χ2n) is 6.81. The van der Waals surface area contributed by atoms with Gasteiger partial charge in [0.25, 0.3) is 5.88 Å². The normalized spacial score (nSPS) is 34.2. The van der Waals surface area contributed by atoms with E-state index < -0.39 is 0 Å². The van der Waals surface area contributed by atoms with Gasteiger partial charge in [0, 0.05) is 5.41 Å². The molecule has 2 N–H and O–H groups in total. The van der Waals surface area contributed by atoms with E-state index in [9.17, 15) is 0 Å². The van der Waals surface area contributed by atoms with E-state index >= 15 is 0 Å². The van der Waals surface area contributed by atoms with Gasteiger partial charge in [0.05, 0.1) is 7.11 Å². The third-order valence-corrected chi connectivity index (χ3v) is 5.97. The van der Waals surface area contributed by atoms with E-state index in [0.717, 1.165) is 12.3 Å². The third-order valence-electron chi connectivity index (χ3n) is 5.97. The number of fused-ring (bicyclic) bond motifs is 2. The van der Waals surface area contributed by atoms with Gasteiger partial charge in [-0.2, -0.15) is 4.98 Å². The smallest absolute Gasteiger partial charge is 0.262 e. The fourth-order valence-electron chi connectivity index (χ4n) is 4.09. The number of ether oxygens (including phenoxy) is 2. The van der Waals surface area contributed by atoms with Crippen LogP contribution in [0, 0.1) is 16.7 Å². The molecule has 0 aromatic carbocycles. The molecular weight excluding hydrogens is 254 g/mol. The lowest BCUT2D eigenvalue weighted by molar-refractivity contribution is 0.0255. The fourth-order valence-corrected chi connectivity index (χ4v) is 4.09. The van der Waals surface area contributed by atoms with Crippen LogP contribution in [0.1, 0.15) is 40.0 Å². The van der Waals surface area contributed by atoms with Crippen LogP contribution in [0.25, 0.3) is 0 Å². The summed E-state index contributed by atoms with van der Waals surface area (Å²) in [6.45, 7) is 7.06. The van der Waals surface area contributed by atoms with Crippen LogP contribution >= 0.6 is 0 Å². The zero-order chi connectivity index (χ0) is 14.5. The summed E-state index contributed by atoms with van der Waals surface area (Å²) in [5.41, 5.74) is 6.30. The van der Waals surface area contributed by atoms with E-state index in [2.05, 4.69) is 30.7 Å². The summed E-state index contributed by atoms with van der Waals surface area (Å²) >= 11 is 0. The van der Waals surface area contributed by atoms with E-state index in [0.29, 0.717) is 22.9 Å². The molecule has 2 fully saturated rings. The number of anilines is 1.